The Bertz CT molecular complexity index is 294. The molecule has 110 valence electrons. The number of rotatable bonds is 5. The van der Waals surface area contributed by atoms with Gasteiger partial charge in [-0.25, -0.2) is 0 Å². The lowest BCUT2D eigenvalue weighted by Gasteiger charge is -2.37. The van der Waals surface area contributed by atoms with Crippen LogP contribution in [0.2, 0.25) is 0 Å². The molecule has 2 aliphatic carbocycles. The molecule has 1 heteroatoms. The fourth-order valence-electron chi connectivity index (χ4n) is 3.99. The van der Waals surface area contributed by atoms with Gasteiger partial charge >= 0.3 is 0 Å². The van der Waals surface area contributed by atoms with Crippen molar-refractivity contribution >= 4 is 0 Å². The van der Waals surface area contributed by atoms with E-state index < -0.39 is 0 Å². The zero-order valence-corrected chi connectivity index (χ0v) is 13.3. The number of allylic oxidation sites excluding steroid dienone is 1. The van der Waals surface area contributed by atoms with E-state index in [9.17, 15) is 0 Å². The van der Waals surface area contributed by atoms with Crippen LogP contribution in [0.5, 0.6) is 0 Å². The summed E-state index contributed by atoms with van der Waals surface area (Å²) in [5.74, 6) is 2.77. The molecule has 1 nitrogen and oxygen atoms in total. The summed E-state index contributed by atoms with van der Waals surface area (Å²) >= 11 is 0. The normalized spacial score (nSPS) is 33.8. The number of hydrogen-bond acceptors (Lipinski definition) is 1. The second kappa shape index (κ2) is 7.47. The summed E-state index contributed by atoms with van der Waals surface area (Å²) in [4.78, 5) is 0. The Labute approximate surface area is 120 Å². The predicted octanol–water partition coefficient (Wildman–Crippen LogP) is 4.93. The largest absolute Gasteiger partial charge is 0.314 e. The molecule has 4 atom stereocenters. The average Bonchev–Trinajstić information content (AvgIpc) is 2.43. The Balaban J connectivity index is 1.93. The van der Waals surface area contributed by atoms with Crippen molar-refractivity contribution in [2.45, 2.75) is 78.2 Å². The molecule has 0 amide bonds. The first-order valence-electron chi connectivity index (χ1n) is 8.62. The lowest BCUT2D eigenvalue weighted by Crippen LogP contribution is -2.40. The minimum atomic E-state index is 0.740. The van der Waals surface area contributed by atoms with Gasteiger partial charge in [0, 0.05) is 6.04 Å². The number of nitrogens with one attached hydrogen (secondary N) is 1. The van der Waals surface area contributed by atoms with E-state index in [0.717, 1.165) is 30.3 Å². The van der Waals surface area contributed by atoms with Gasteiger partial charge in [-0.3, -0.25) is 0 Å². The van der Waals surface area contributed by atoms with E-state index in [1.54, 1.807) is 5.57 Å². The van der Waals surface area contributed by atoms with Crippen molar-refractivity contribution in [1.29, 1.82) is 0 Å². The van der Waals surface area contributed by atoms with Crippen molar-refractivity contribution in [2.75, 3.05) is 6.54 Å². The fraction of sp³-hybridized carbons (Fsp3) is 0.889. The molecule has 1 N–H and O–H groups in total. The van der Waals surface area contributed by atoms with Gasteiger partial charge in [-0.1, -0.05) is 38.8 Å². The van der Waals surface area contributed by atoms with Crippen LogP contribution < -0.4 is 5.32 Å². The molecule has 19 heavy (non-hydrogen) atoms. The average molecular weight is 263 g/mol. The highest BCUT2D eigenvalue weighted by Gasteiger charge is 2.30. The Morgan fingerprint density at radius 1 is 1.21 bits per heavy atom. The van der Waals surface area contributed by atoms with Gasteiger partial charge in [-0.2, -0.15) is 0 Å². The SMILES string of the molecule is CCNC(CC1=CCCCC1)C1CCC(C)C(C)C1. The van der Waals surface area contributed by atoms with Crippen LogP contribution in [0.15, 0.2) is 11.6 Å². The summed E-state index contributed by atoms with van der Waals surface area (Å²) in [6, 6.07) is 0.740. The molecule has 2 rings (SSSR count). The van der Waals surface area contributed by atoms with Crippen LogP contribution in [0.3, 0.4) is 0 Å². The fourth-order valence-corrected chi connectivity index (χ4v) is 3.99. The van der Waals surface area contributed by atoms with Crippen molar-refractivity contribution in [3.8, 4) is 0 Å². The zero-order valence-electron chi connectivity index (χ0n) is 13.3. The molecule has 0 saturated heterocycles. The highest BCUT2D eigenvalue weighted by molar-refractivity contribution is 5.08. The topological polar surface area (TPSA) is 12.0 Å². The third-order valence-electron chi connectivity index (χ3n) is 5.54. The van der Waals surface area contributed by atoms with Crippen molar-refractivity contribution in [3.63, 3.8) is 0 Å². The lowest BCUT2D eigenvalue weighted by atomic mass is 9.72. The van der Waals surface area contributed by atoms with Gasteiger partial charge in [0.25, 0.3) is 0 Å². The molecule has 0 aromatic carbocycles. The monoisotopic (exact) mass is 263 g/mol. The Kier molecular flexibility index (Phi) is 5.94. The maximum absolute atomic E-state index is 3.79. The summed E-state index contributed by atoms with van der Waals surface area (Å²) in [6.45, 7) is 8.28. The molecule has 1 saturated carbocycles. The van der Waals surface area contributed by atoms with Gasteiger partial charge in [0.05, 0.1) is 0 Å². The van der Waals surface area contributed by atoms with Gasteiger partial charge in [-0.05, 0) is 69.2 Å². The minimum Gasteiger partial charge on any atom is -0.314 e. The third-order valence-corrected chi connectivity index (χ3v) is 5.54. The van der Waals surface area contributed by atoms with Crippen LogP contribution in [0.4, 0.5) is 0 Å². The van der Waals surface area contributed by atoms with Crippen molar-refractivity contribution in [3.05, 3.63) is 11.6 Å². The summed E-state index contributed by atoms with van der Waals surface area (Å²) in [5, 5.41) is 3.79. The molecule has 0 bridgehead atoms. The smallest absolute Gasteiger partial charge is 0.0132 e. The molecule has 0 aromatic heterocycles. The molecule has 1 fully saturated rings. The molecule has 4 unspecified atom stereocenters. The second-order valence-corrected chi connectivity index (χ2v) is 7.00. The van der Waals surface area contributed by atoms with Gasteiger partial charge in [-0.15, -0.1) is 0 Å². The Hall–Kier alpha value is -0.300. The molecule has 0 aromatic rings. The van der Waals surface area contributed by atoms with Gasteiger partial charge in [0.1, 0.15) is 0 Å². The van der Waals surface area contributed by atoms with E-state index in [0.29, 0.717) is 0 Å². The minimum absolute atomic E-state index is 0.740. The quantitative estimate of drug-likeness (QED) is 0.694. The van der Waals surface area contributed by atoms with Crippen molar-refractivity contribution in [1.82, 2.24) is 5.32 Å². The van der Waals surface area contributed by atoms with Gasteiger partial charge in [0.2, 0.25) is 0 Å². The maximum atomic E-state index is 3.79. The molecule has 0 heterocycles. The highest BCUT2D eigenvalue weighted by atomic mass is 14.9. The molecule has 0 aliphatic heterocycles. The maximum Gasteiger partial charge on any atom is 0.0132 e. The van der Waals surface area contributed by atoms with E-state index in [1.807, 2.05) is 0 Å². The molecule has 2 aliphatic rings. The van der Waals surface area contributed by atoms with E-state index in [2.05, 4.69) is 32.2 Å². The summed E-state index contributed by atoms with van der Waals surface area (Å²) in [5.41, 5.74) is 1.74. The van der Waals surface area contributed by atoms with Gasteiger partial charge < -0.3 is 5.32 Å². The first-order valence-corrected chi connectivity index (χ1v) is 8.62. The van der Waals surface area contributed by atoms with Crippen LogP contribution in [0.1, 0.15) is 72.1 Å². The van der Waals surface area contributed by atoms with E-state index in [4.69, 9.17) is 0 Å². The van der Waals surface area contributed by atoms with E-state index in [1.165, 1.54) is 51.4 Å². The molecular formula is C18H33N. The van der Waals surface area contributed by atoms with Crippen molar-refractivity contribution < 1.29 is 0 Å². The zero-order chi connectivity index (χ0) is 13.7. The Morgan fingerprint density at radius 2 is 2.05 bits per heavy atom. The standard InChI is InChI=1S/C18H33N/c1-4-19-18(13-16-8-6-5-7-9-16)17-11-10-14(2)15(3)12-17/h8,14-15,17-19H,4-7,9-13H2,1-3H3. The van der Waals surface area contributed by atoms with Crippen LogP contribution >= 0.6 is 0 Å². The Morgan fingerprint density at radius 3 is 2.68 bits per heavy atom. The van der Waals surface area contributed by atoms with Crippen LogP contribution in [0, 0.1) is 17.8 Å². The second-order valence-electron chi connectivity index (χ2n) is 7.00. The summed E-state index contributed by atoms with van der Waals surface area (Å²) in [7, 11) is 0. The first kappa shape index (κ1) is 15.1. The first-order chi connectivity index (χ1) is 9.20. The molecular weight excluding hydrogens is 230 g/mol. The van der Waals surface area contributed by atoms with E-state index in [-0.39, 0.29) is 0 Å². The number of hydrogen-bond donors (Lipinski definition) is 1. The summed E-state index contributed by atoms with van der Waals surface area (Å²) in [6.07, 6.45) is 13.7. The van der Waals surface area contributed by atoms with Crippen molar-refractivity contribution in [2.24, 2.45) is 17.8 Å². The molecule has 0 spiro atoms. The lowest BCUT2D eigenvalue weighted by molar-refractivity contribution is 0.170. The third kappa shape index (κ3) is 4.34. The predicted molar refractivity (Wildman–Crippen MR) is 84.3 cm³/mol. The summed E-state index contributed by atoms with van der Waals surface area (Å²) < 4.78 is 0. The van der Waals surface area contributed by atoms with Crippen LogP contribution in [-0.2, 0) is 0 Å². The molecule has 0 radical (unpaired) electrons. The highest BCUT2D eigenvalue weighted by Crippen LogP contribution is 2.37. The van der Waals surface area contributed by atoms with Gasteiger partial charge in [0.15, 0.2) is 0 Å². The van der Waals surface area contributed by atoms with Crippen LogP contribution in [-0.4, -0.2) is 12.6 Å². The van der Waals surface area contributed by atoms with E-state index >= 15 is 0 Å². The van der Waals surface area contributed by atoms with Crippen LogP contribution in [0.25, 0.3) is 0 Å².